The first-order valence-corrected chi connectivity index (χ1v) is 9.71. The van der Waals surface area contributed by atoms with Gasteiger partial charge >= 0.3 is 0 Å². The third-order valence-electron chi connectivity index (χ3n) is 3.91. The molecule has 9 nitrogen and oxygen atoms in total. The van der Waals surface area contributed by atoms with Crippen molar-refractivity contribution in [3.8, 4) is 0 Å². The maximum atomic E-state index is 12.4. The summed E-state index contributed by atoms with van der Waals surface area (Å²) >= 11 is 0. The molecule has 3 rings (SSSR count). The van der Waals surface area contributed by atoms with Crippen molar-refractivity contribution in [1.82, 2.24) is 20.2 Å². The Hall–Kier alpha value is -2.30. The molecular formula is C16H20N4O5S. The number of hydrogen-bond donors (Lipinski definition) is 2. The van der Waals surface area contributed by atoms with Gasteiger partial charge in [-0.2, -0.15) is 4.98 Å². The predicted octanol–water partition coefficient (Wildman–Crippen LogP) is 0.765. The molecular weight excluding hydrogens is 360 g/mol. The molecule has 1 fully saturated rings. The van der Waals surface area contributed by atoms with E-state index in [9.17, 15) is 13.2 Å². The highest BCUT2D eigenvalue weighted by atomic mass is 32.2. The van der Waals surface area contributed by atoms with Crippen molar-refractivity contribution in [3.63, 3.8) is 0 Å². The van der Waals surface area contributed by atoms with Crippen LogP contribution in [0.3, 0.4) is 0 Å². The van der Waals surface area contributed by atoms with Crippen LogP contribution >= 0.6 is 0 Å². The molecule has 1 amide bonds. The molecule has 1 aromatic heterocycles. The fourth-order valence-electron chi connectivity index (χ4n) is 2.57. The molecule has 1 unspecified atom stereocenters. The molecule has 1 aromatic carbocycles. The second kappa shape index (κ2) is 7.94. The molecule has 2 N–H and O–H groups in total. The predicted molar refractivity (Wildman–Crippen MR) is 90.8 cm³/mol. The SMILES string of the molecule is Cc1nc(CNS(=O)(=O)c2cccc(C(=O)NCC3CCCO3)c2)no1. The van der Waals surface area contributed by atoms with E-state index in [0.29, 0.717) is 19.0 Å². The Morgan fingerprint density at radius 3 is 2.92 bits per heavy atom. The number of nitrogens with zero attached hydrogens (tertiary/aromatic N) is 2. The molecule has 1 aliphatic heterocycles. The van der Waals surface area contributed by atoms with Gasteiger partial charge in [-0.15, -0.1) is 0 Å². The van der Waals surface area contributed by atoms with Gasteiger partial charge < -0.3 is 14.6 Å². The number of hydrogen-bond acceptors (Lipinski definition) is 7. The van der Waals surface area contributed by atoms with Crippen LogP contribution in [0.1, 0.15) is 34.9 Å². The Balaban J connectivity index is 1.63. The van der Waals surface area contributed by atoms with Crippen molar-refractivity contribution in [3.05, 3.63) is 41.5 Å². The average Bonchev–Trinajstić information content (AvgIpc) is 3.29. The smallest absolute Gasteiger partial charge is 0.251 e. The van der Waals surface area contributed by atoms with E-state index in [0.717, 1.165) is 12.8 Å². The van der Waals surface area contributed by atoms with E-state index in [2.05, 4.69) is 20.2 Å². The van der Waals surface area contributed by atoms with E-state index >= 15 is 0 Å². The number of aromatic nitrogens is 2. The minimum Gasteiger partial charge on any atom is -0.376 e. The lowest BCUT2D eigenvalue weighted by atomic mass is 10.2. The van der Waals surface area contributed by atoms with E-state index in [1.165, 1.54) is 18.2 Å². The number of sulfonamides is 1. The standard InChI is InChI=1S/C16H20N4O5S/c1-11-19-15(20-25-11)10-18-26(22,23)14-6-2-4-12(8-14)16(21)17-9-13-5-3-7-24-13/h2,4,6,8,13,18H,3,5,7,9-10H2,1H3,(H,17,21). The normalized spacial score (nSPS) is 17.3. The van der Waals surface area contributed by atoms with Crippen LogP contribution in [0.2, 0.25) is 0 Å². The van der Waals surface area contributed by atoms with E-state index in [1.54, 1.807) is 13.0 Å². The summed E-state index contributed by atoms with van der Waals surface area (Å²) in [6.07, 6.45) is 1.92. The maximum Gasteiger partial charge on any atom is 0.251 e. The summed E-state index contributed by atoms with van der Waals surface area (Å²) in [6.45, 7) is 2.63. The third kappa shape index (κ3) is 4.65. The van der Waals surface area contributed by atoms with Gasteiger partial charge in [0.15, 0.2) is 5.82 Å². The summed E-state index contributed by atoms with van der Waals surface area (Å²) in [7, 11) is -3.81. The maximum absolute atomic E-state index is 12.4. The molecule has 1 aliphatic rings. The van der Waals surface area contributed by atoms with E-state index in [-0.39, 0.29) is 34.8 Å². The zero-order chi connectivity index (χ0) is 18.6. The van der Waals surface area contributed by atoms with Crippen LogP contribution in [0.25, 0.3) is 0 Å². The van der Waals surface area contributed by atoms with Crippen molar-refractivity contribution in [2.24, 2.45) is 0 Å². The number of rotatable bonds is 7. The van der Waals surface area contributed by atoms with E-state index in [1.807, 2.05) is 0 Å². The molecule has 0 bridgehead atoms. The van der Waals surface area contributed by atoms with Crippen LogP contribution in [0.4, 0.5) is 0 Å². The zero-order valence-corrected chi connectivity index (χ0v) is 15.1. The van der Waals surface area contributed by atoms with Gasteiger partial charge in [0.1, 0.15) is 0 Å². The summed E-state index contributed by atoms with van der Waals surface area (Å²) in [4.78, 5) is 16.2. The Labute approximate surface area is 151 Å². The van der Waals surface area contributed by atoms with Crippen LogP contribution in [0.15, 0.2) is 33.7 Å². The zero-order valence-electron chi connectivity index (χ0n) is 14.3. The molecule has 0 aliphatic carbocycles. The number of carbonyl (C=O) groups is 1. The van der Waals surface area contributed by atoms with Gasteiger partial charge in [-0.05, 0) is 31.0 Å². The van der Waals surface area contributed by atoms with Gasteiger partial charge in [0.2, 0.25) is 15.9 Å². The lowest BCUT2D eigenvalue weighted by Crippen LogP contribution is -2.32. The van der Waals surface area contributed by atoms with Crippen molar-refractivity contribution in [2.45, 2.75) is 37.3 Å². The molecule has 2 aromatic rings. The van der Waals surface area contributed by atoms with Crippen LogP contribution < -0.4 is 10.0 Å². The quantitative estimate of drug-likeness (QED) is 0.727. The second-order valence-corrected chi connectivity index (χ2v) is 7.69. The van der Waals surface area contributed by atoms with Gasteiger partial charge in [-0.25, -0.2) is 13.1 Å². The first kappa shape index (κ1) is 18.5. The first-order chi connectivity index (χ1) is 12.4. The van der Waals surface area contributed by atoms with Gasteiger partial charge in [-0.3, -0.25) is 4.79 Å². The summed E-state index contributed by atoms with van der Waals surface area (Å²) in [5.41, 5.74) is 0.265. The number of nitrogens with one attached hydrogen (secondary N) is 2. The highest BCUT2D eigenvalue weighted by Gasteiger charge is 2.19. The monoisotopic (exact) mass is 380 g/mol. The van der Waals surface area contributed by atoms with E-state index < -0.39 is 10.0 Å². The number of ether oxygens (including phenoxy) is 1. The minimum atomic E-state index is -3.81. The molecule has 0 saturated carbocycles. The van der Waals surface area contributed by atoms with Gasteiger partial charge in [0, 0.05) is 25.6 Å². The molecule has 10 heteroatoms. The minimum absolute atomic E-state index is 0.0116. The lowest BCUT2D eigenvalue weighted by Gasteiger charge is -2.11. The summed E-state index contributed by atoms with van der Waals surface area (Å²) in [5.74, 6) is 0.243. The van der Waals surface area contributed by atoms with Crippen molar-refractivity contribution in [2.75, 3.05) is 13.2 Å². The molecule has 2 heterocycles. The third-order valence-corrected chi connectivity index (χ3v) is 5.31. The fourth-order valence-corrected chi connectivity index (χ4v) is 3.60. The average molecular weight is 380 g/mol. The van der Waals surface area contributed by atoms with Crippen molar-refractivity contribution in [1.29, 1.82) is 0 Å². The summed E-state index contributed by atoms with van der Waals surface area (Å²) < 4.78 is 37.4. The van der Waals surface area contributed by atoms with E-state index in [4.69, 9.17) is 9.26 Å². The number of aryl methyl sites for hydroxylation is 1. The van der Waals surface area contributed by atoms with Gasteiger partial charge in [-0.1, -0.05) is 11.2 Å². The molecule has 0 spiro atoms. The largest absolute Gasteiger partial charge is 0.376 e. The van der Waals surface area contributed by atoms with Gasteiger partial charge in [0.05, 0.1) is 17.5 Å². The Morgan fingerprint density at radius 1 is 1.38 bits per heavy atom. The summed E-state index contributed by atoms with van der Waals surface area (Å²) in [5, 5.41) is 6.40. The number of amides is 1. The van der Waals surface area contributed by atoms with Crippen molar-refractivity contribution >= 4 is 15.9 Å². The second-order valence-electron chi connectivity index (χ2n) is 5.93. The molecule has 1 saturated heterocycles. The fraction of sp³-hybridized carbons (Fsp3) is 0.438. The Bertz CT molecular complexity index is 874. The van der Waals surface area contributed by atoms with Crippen LogP contribution in [-0.2, 0) is 21.3 Å². The molecule has 26 heavy (non-hydrogen) atoms. The highest BCUT2D eigenvalue weighted by molar-refractivity contribution is 7.89. The highest BCUT2D eigenvalue weighted by Crippen LogP contribution is 2.13. The van der Waals surface area contributed by atoms with Crippen LogP contribution in [0.5, 0.6) is 0 Å². The number of carbonyl (C=O) groups excluding carboxylic acids is 1. The van der Waals surface area contributed by atoms with Crippen LogP contribution in [-0.4, -0.2) is 43.7 Å². The molecule has 140 valence electrons. The topological polar surface area (TPSA) is 123 Å². The lowest BCUT2D eigenvalue weighted by molar-refractivity contribution is 0.0857. The molecule has 0 radical (unpaired) electrons. The number of benzene rings is 1. The molecule has 1 atom stereocenters. The van der Waals surface area contributed by atoms with Gasteiger partial charge in [0.25, 0.3) is 5.91 Å². The Kier molecular flexibility index (Phi) is 5.64. The Morgan fingerprint density at radius 2 is 2.23 bits per heavy atom. The summed E-state index contributed by atoms with van der Waals surface area (Å²) in [6, 6.07) is 5.83. The van der Waals surface area contributed by atoms with Crippen molar-refractivity contribution < 1.29 is 22.5 Å². The first-order valence-electron chi connectivity index (χ1n) is 8.23. The van der Waals surface area contributed by atoms with Crippen LogP contribution in [0, 0.1) is 6.92 Å².